The molecule has 1 aliphatic heterocycles. The first-order valence-electron chi connectivity index (χ1n) is 11.2. The van der Waals surface area contributed by atoms with E-state index in [0.717, 1.165) is 43.2 Å². The van der Waals surface area contributed by atoms with E-state index in [1.807, 2.05) is 31.2 Å². The number of ether oxygens (including phenoxy) is 1. The second-order valence-corrected chi connectivity index (χ2v) is 8.36. The molecule has 2 aliphatic rings. The quantitative estimate of drug-likeness (QED) is 0.519. The first-order valence-corrected chi connectivity index (χ1v) is 11.2. The SMILES string of the molecule is CC(=O)N/C(=C\c1ccccc1C)C(=O)N1CCNC(=O)C1CC(=O)OC1CCCCC1. The summed E-state index contributed by atoms with van der Waals surface area (Å²) in [5, 5.41) is 5.31. The summed E-state index contributed by atoms with van der Waals surface area (Å²) in [7, 11) is 0. The summed E-state index contributed by atoms with van der Waals surface area (Å²) in [6, 6.07) is 6.48. The van der Waals surface area contributed by atoms with E-state index in [9.17, 15) is 19.2 Å². The predicted octanol–water partition coefficient (Wildman–Crippen LogP) is 2.07. The molecular formula is C24H31N3O5. The van der Waals surface area contributed by atoms with E-state index in [1.54, 1.807) is 6.08 Å². The van der Waals surface area contributed by atoms with E-state index in [0.29, 0.717) is 0 Å². The van der Waals surface area contributed by atoms with Gasteiger partial charge in [-0.05, 0) is 49.8 Å². The van der Waals surface area contributed by atoms with Crippen LogP contribution >= 0.6 is 0 Å². The fourth-order valence-electron chi connectivity index (χ4n) is 4.14. The minimum atomic E-state index is -0.985. The molecule has 32 heavy (non-hydrogen) atoms. The van der Waals surface area contributed by atoms with E-state index < -0.39 is 29.7 Å². The monoisotopic (exact) mass is 441 g/mol. The molecule has 3 amide bonds. The summed E-state index contributed by atoms with van der Waals surface area (Å²) >= 11 is 0. The Morgan fingerprint density at radius 1 is 1.19 bits per heavy atom. The number of rotatable bonds is 6. The molecule has 2 fully saturated rings. The molecule has 1 aromatic rings. The number of aryl methyl sites for hydroxylation is 1. The Balaban J connectivity index is 1.79. The summed E-state index contributed by atoms with van der Waals surface area (Å²) in [4.78, 5) is 51.6. The van der Waals surface area contributed by atoms with Crippen LogP contribution in [-0.4, -0.2) is 53.8 Å². The molecule has 1 saturated heterocycles. The number of esters is 1. The zero-order chi connectivity index (χ0) is 23.1. The Morgan fingerprint density at radius 3 is 2.59 bits per heavy atom. The molecule has 8 nitrogen and oxygen atoms in total. The van der Waals surface area contributed by atoms with Gasteiger partial charge in [0.15, 0.2) is 0 Å². The Bertz CT molecular complexity index is 905. The van der Waals surface area contributed by atoms with Crippen molar-refractivity contribution in [1.82, 2.24) is 15.5 Å². The number of hydrogen-bond acceptors (Lipinski definition) is 5. The van der Waals surface area contributed by atoms with Crippen molar-refractivity contribution in [1.29, 1.82) is 0 Å². The number of amides is 3. The average molecular weight is 442 g/mol. The van der Waals surface area contributed by atoms with Crippen LogP contribution in [-0.2, 0) is 23.9 Å². The highest BCUT2D eigenvalue weighted by molar-refractivity contribution is 6.03. The van der Waals surface area contributed by atoms with Crippen molar-refractivity contribution in [2.24, 2.45) is 0 Å². The van der Waals surface area contributed by atoms with E-state index in [1.165, 1.54) is 11.8 Å². The highest BCUT2D eigenvalue weighted by atomic mass is 16.5. The van der Waals surface area contributed by atoms with Gasteiger partial charge in [0.1, 0.15) is 17.8 Å². The van der Waals surface area contributed by atoms with Gasteiger partial charge in [-0.15, -0.1) is 0 Å². The number of nitrogens with zero attached hydrogens (tertiary/aromatic N) is 1. The van der Waals surface area contributed by atoms with Gasteiger partial charge in [0.05, 0.1) is 6.42 Å². The zero-order valence-electron chi connectivity index (χ0n) is 18.7. The van der Waals surface area contributed by atoms with E-state index in [-0.39, 0.29) is 31.3 Å². The lowest BCUT2D eigenvalue weighted by molar-refractivity contribution is -0.156. The molecular weight excluding hydrogens is 410 g/mol. The lowest BCUT2D eigenvalue weighted by Crippen LogP contribution is -2.59. The summed E-state index contributed by atoms with van der Waals surface area (Å²) in [5.74, 6) is -1.79. The molecule has 3 rings (SSSR count). The summed E-state index contributed by atoms with van der Waals surface area (Å²) in [6.07, 6.45) is 6.11. The van der Waals surface area contributed by atoms with Crippen LogP contribution in [0.25, 0.3) is 6.08 Å². The largest absolute Gasteiger partial charge is 0.462 e. The Hall–Kier alpha value is -3.16. The standard InChI is InChI=1S/C24H31N3O5/c1-16-8-6-7-9-18(16)14-20(26-17(2)28)24(31)27-13-12-25-23(30)21(27)15-22(29)32-19-10-4-3-5-11-19/h6-9,14,19,21H,3-5,10-13,15H2,1-2H3,(H,25,30)(H,26,28)/b20-14-. The topological polar surface area (TPSA) is 105 Å². The van der Waals surface area contributed by atoms with Crippen LogP contribution < -0.4 is 10.6 Å². The minimum Gasteiger partial charge on any atom is -0.462 e. The molecule has 1 aromatic carbocycles. The molecule has 0 aromatic heterocycles. The normalized spacial score (nSPS) is 19.8. The van der Waals surface area contributed by atoms with Crippen molar-refractivity contribution in [3.8, 4) is 0 Å². The number of carbonyl (C=O) groups is 4. The number of piperazine rings is 1. The zero-order valence-corrected chi connectivity index (χ0v) is 18.7. The third-order valence-electron chi connectivity index (χ3n) is 5.83. The Morgan fingerprint density at radius 2 is 1.91 bits per heavy atom. The highest BCUT2D eigenvalue weighted by Gasteiger charge is 2.37. The molecule has 8 heteroatoms. The molecule has 1 saturated carbocycles. The first-order chi connectivity index (χ1) is 15.3. The van der Waals surface area contributed by atoms with Crippen LogP contribution in [0.1, 0.15) is 56.6 Å². The van der Waals surface area contributed by atoms with Gasteiger partial charge in [-0.25, -0.2) is 0 Å². The molecule has 2 N–H and O–H groups in total. The predicted molar refractivity (Wildman–Crippen MR) is 119 cm³/mol. The summed E-state index contributed by atoms with van der Waals surface area (Å²) in [5.41, 5.74) is 1.78. The molecule has 1 aliphatic carbocycles. The van der Waals surface area contributed by atoms with Crippen LogP contribution in [0.2, 0.25) is 0 Å². The van der Waals surface area contributed by atoms with Gasteiger partial charge >= 0.3 is 5.97 Å². The molecule has 0 radical (unpaired) electrons. The van der Waals surface area contributed by atoms with Crippen LogP contribution in [0.15, 0.2) is 30.0 Å². The molecule has 1 atom stereocenters. The van der Waals surface area contributed by atoms with E-state index >= 15 is 0 Å². The third-order valence-corrected chi connectivity index (χ3v) is 5.83. The molecule has 1 heterocycles. The minimum absolute atomic E-state index is 0.0622. The molecule has 1 unspecified atom stereocenters. The average Bonchev–Trinajstić information content (AvgIpc) is 2.76. The summed E-state index contributed by atoms with van der Waals surface area (Å²) in [6.45, 7) is 3.73. The maximum Gasteiger partial charge on any atom is 0.308 e. The molecule has 172 valence electrons. The van der Waals surface area contributed by atoms with Crippen molar-refractivity contribution in [3.05, 3.63) is 41.1 Å². The fraction of sp³-hybridized carbons (Fsp3) is 0.500. The van der Waals surface area contributed by atoms with Gasteiger partial charge in [-0.1, -0.05) is 30.7 Å². The van der Waals surface area contributed by atoms with Crippen LogP contribution in [0.5, 0.6) is 0 Å². The van der Waals surface area contributed by atoms with Gasteiger partial charge in [-0.2, -0.15) is 0 Å². The van der Waals surface area contributed by atoms with Crippen molar-refractivity contribution in [2.45, 2.75) is 64.5 Å². The summed E-state index contributed by atoms with van der Waals surface area (Å²) < 4.78 is 5.57. The van der Waals surface area contributed by atoms with Crippen molar-refractivity contribution in [3.63, 3.8) is 0 Å². The highest BCUT2D eigenvalue weighted by Crippen LogP contribution is 2.22. The lowest BCUT2D eigenvalue weighted by Gasteiger charge is -2.35. The molecule has 0 spiro atoms. The number of hydrogen-bond donors (Lipinski definition) is 2. The maximum atomic E-state index is 13.4. The Kier molecular flexibility index (Phi) is 8.03. The molecule has 0 bridgehead atoms. The van der Waals surface area contributed by atoms with Gasteiger partial charge in [0, 0.05) is 20.0 Å². The lowest BCUT2D eigenvalue weighted by atomic mass is 9.98. The van der Waals surface area contributed by atoms with Crippen molar-refractivity contribution in [2.75, 3.05) is 13.1 Å². The van der Waals surface area contributed by atoms with Gasteiger partial charge in [-0.3, -0.25) is 19.2 Å². The van der Waals surface area contributed by atoms with Gasteiger partial charge in [0.2, 0.25) is 11.8 Å². The van der Waals surface area contributed by atoms with Crippen molar-refractivity contribution < 1.29 is 23.9 Å². The van der Waals surface area contributed by atoms with Crippen LogP contribution in [0, 0.1) is 6.92 Å². The van der Waals surface area contributed by atoms with Crippen LogP contribution in [0.4, 0.5) is 0 Å². The smallest absolute Gasteiger partial charge is 0.308 e. The van der Waals surface area contributed by atoms with E-state index in [2.05, 4.69) is 10.6 Å². The maximum absolute atomic E-state index is 13.4. The van der Waals surface area contributed by atoms with Crippen molar-refractivity contribution >= 4 is 29.8 Å². The van der Waals surface area contributed by atoms with Crippen LogP contribution in [0.3, 0.4) is 0 Å². The second kappa shape index (κ2) is 10.9. The van der Waals surface area contributed by atoms with Gasteiger partial charge < -0.3 is 20.3 Å². The third kappa shape index (κ3) is 6.18. The Labute approximate surface area is 188 Å². The number of benzene rings is 1. The number of carbonyl (C=O) groups excluding carboxylic acids is 4. The van der Waals surface area contributed by atoms with E-state index in [4.69, 9.17) is 4.74 Å². The number of nitrogens with one attached hydrogen (secondary N) is 2. The first kappa shape index (κ1) is 23.5. The van der Waals surface area contributed by atoms with Gasteiger partial charge in [0.25, 0.3) is 5.91 Å². The fourth-order valence-corrected chi connectivity index (χ4v) is 4.14. The second-order valence-electron chi connectivity index (χ2n) is 8.36.